The summed E-state index contributed by atoms with van der Waals surface area (Å²) in [7, 11) is 0. The number of hydrogen-bond donors (Lipinski definition) is 2. The molecule has 0 atom stereocenters. The van der Waals surface area contributed by atoms with Crippen LogP contribution in [0.25, 0.3) is 6.08 Å². The molecule has 5 rings (SSSR count). The van der Waals surface area contributed by atoms with Crippen molar-refractivity contribution in [1.82, 2.24) is 5.32 Å². The van der Waals surface area contributed by atoms with Crippen molar-refractivity contribution < 1.29 is 28.7 Å². The number of anilines is 2. The minimum absolute atomic E-state index is 0.210. The fourth-order valence-corrected chi connectivity index (χ4v) is 4.71. The number of halogens is 1. The summed E-state index contributed by atoms with van der Waals surface area (Å²) in [4.78, 5) is 52.5. The van der Waals surface area contributed by atoms with E-state index in [1.807, 2.05) is 62.4 Å². The second kappa shape index (κ2) is 13.3. The van der Waals surface area contributed by atoms with E-state index in [2.05, 4.69) is 10.6 Å². The third kappa shape index (κ3) is 7.14. The summed E-state index contributed by atoms with van der Waals surface area (Å²) >= 11 is 6.21. The lowest BCUT2D eigenvalue weighted by atomic mass is 10.1. The minimum atomic E-state index is -0.888. The molecule has 2 N–H and O–H groups in total. The lowest BCUT2D eigenvalue weighted by Crippen LogP contribution is -2.54. The van der Waals surface area contributed by atoms with Crippen LogP contribution in [0.15, 0.2) is 96.6 Å². The van der Waals surface area contributed by atoms with Crippen molar-refractivity contribution in [2.45, 2.75) is 20.5 Å². The number of ether oxygens (including phenoxy) is 2. The van der Waals surface area contributed by atoms with Crippen LogP contribution < -0.4 is 25.0 Å². The minimum Gasteiger partial charge on any atom is -0.489 e. The maximum Gasteiger partial charge on any atom is 0.335 e. The number of barbiturate groups is 1. The van der Waals surface area contributed by atoms with Gasteiger partial charge in [0.25, 0.3) is 17.7 Å². The molecule has 0 spiro atoms. The highest BCUT2D eigenvalue weighted by atomic mass is 35.5. The third-order valence-electron chi connectivity index (χ3n) is 6.73. The van der Waals surface area contributed by atoms with E-state index >= 15 is 0 Å². The van der Waals surface area contributed by atoms with Gasteiger partial charge in [-0.1, -0.05) is 59.6 Å². The summed E-state index contributed by atoms with van der Waals surface area (Å²) in [5.74, 6) is -1.36. The van der Waals surface area contributed by atoms with Crippen molar-refractivity contribution >= 4 is 52.8 Å². The standard InChI is InChI=1S/C34H28ClN3O6/c1-21-8-14-29(22(2)16-21)36-31(39)20-44-30-15-9-25(35)17-24(30)18-28-32(40)37-34(42)38(33(28)41)26-10-12-27(13-11-26)43-19-23-6-4-3-5-7-23/h3-18H,19-20H2,1-2H3,(H,36,39)(H,37,40,42)/b28-18-. The quantitative estimate of drug-likeness (QED) is 0.172. The van der Waals surface area contributed by atoms with E-state index in [0.717, 1.165) is 21.6 Å². The predicted molar refractivity (Wildman–Crippen MR) is 168 cm³/mol. The van der Waals surface area contributed by atoms with Gasteiger partial charge in [-0.05, 0) is 79.6 Å². The zero-order chi connectivity index (χ0) is 31.2. The van der Waals surface area contributed by atoms with Gasteiger partial charge in [0.2, 0.25) is 0 Å². The van der Waals surface area contributed by atoms with E-state index in [9.17, 15) is 19.2 Å². The first-order chi connectivity index (χ1) is 21.2. The van der Waals surface area contributed by atoms with Gasteiger partial charge in [-0.15, -0.1) is 0 Å². The van der Waals surface area contributed by atoms with E-state index in [0.29, 0.717) is 23.1 Å². The van der Waals surface area contributed by atoms with Gasteiger partial charge in [-0.2, -0.15) is 0 Å². The topological polar surface area (TPSA) is 114 Å². The molecule has 44 heavy (non-hydrogen) atoms. The molecule has 1 heterocycles. The van der Waals surface area contributed by atoms with Gasteiger partial charge in [-0.3, -0.25) is 19.7 Å². The Hall–Kier alpha value is -5.41. The number of nitrogens with one attached hydrogen (secondary N) is 2. The second-order valence-corrected chi connectivity index (χ2v) is 10.5. The van der Waals surface area contributed by atoms with E-state index in [1.165, 1.54) is 18.2 Å². The lowest BCUT2D eigenvalue weighted by molar-refractivity contribution is -0.122. The normalized spacial score (nSPS) is 13.9. The fraction of sp³-hybridized carbons (Fsp3) is 0.118. The largest absolute Gasteiger partial charge is 0.489 e. The number of imide groups is 2. The summed E-state index contributed by atoms with van der Waals surface area (Å²) in [6.45, 7) is 3.86. The molecule has 1 aliphatic heterocycles. The number of rotatable bonds is 9. The number of nitrogens with zero attached hydrogens (tertiary/aromatic N) is 1. The SMILES string of the molecule is Cc1ccc(NC(=O)COc2ccc(Cl)cc2/C=C2/C(=O)NC(=O)N(c3ccc(OCc4ccccc4)cc3)C2=O)c(C)c1. The Labute approximate surface area is 259 Å². The highest BCUT2D eigenvalue weighted by Crippen LogP contribution is 2.29. The summed E-state index contributed by atoms with van der Waals surface area (Å²) in [5, 5.41) is 5.32. The number of amides is 5. The molecular weight excluding hydrogens is 582 g/mol. The van der Waals surface area contributed by atoms with Crippen molar-refractivity contribution in [3.63, 3.8) is 0 Å². The molecule has 1 aliphatic rings. The van der Waals surface area contributed by atoms with Gasteiger partial charge in [0.15, 0.2) is 6.61 Å². The molecule has 5 amide bonds. The molecule has 0 aliphatic carbocycles. The molecule has 0 radical (unpaired) electrons. The number of benzene rings is 4. The van der Waals surface area contributed by atoms with Crippen molar-refractivity contribution in [3.8, 4) is 11.5 Å². The van der Waals surface area contributed by atoms with Gasteiger partial charge in [0, 0.05) is 16.3 Å². The number of carbonyl (C=O) groups excluding carboxylic acids is 4. The highest BCUT2D eigenvalue weighted by Gasteiger charge is 2.37. The smallest absolute Gasteiger partial charge is 0.335 e. The van der Waals surface area contributed by atoms with Gasteiger partial charge in [-0.25, -0.2) is 9.69 Å². The van der Waals surface area contributed by atoms with Crippen LogP contribution in [0.5, 0.6) is 11.5 Å². The van der Waals surface area contributed by atoms with E-state index in [-0.39, 0.29) is 29.2 Å². The summed E-state index contributed by atoms with van der Waals surface area (Å²) in [6.07, 6.45) is 1.28. The summed E-state index contributed by atoms with van der Waals surface area (Å²) in [6, 6.07) is 25.3. The van der Waals surface area contributed by atoms with Crippen LogP contribution in [0.1, 0.15) is 22.3 Å². The molecule has 4 aromatic carbocycles. The van der Waals surface area contributed by atoms with Crippen LogP contribution >= 0.6 is 11.6 Å². The molecule has 10 heteroatoms. The summed E-state index contributed by atoms with van der Waals surface area (Å²) < 4.78 is 11.5. The van der Waals surface area contributed by atoms with Crippen molar-refractivity contribution in [2.24, 2.45) is 0 Å². The Morgan fingerprint density at radius 2 is 1.66 bits per heavy atom. The summed E-state index contributed by atoms with van der Waals surface area (Å²) in [5.41, 5.74) is 3.82. The molecule has 0 aromatic heterocycles. The highest BCUT2D eigenvalue weighted by molar-refractivity contribution is 6.39. The molecule has 0 unspecified atom stereocenters. The van der Waals surface area contributed by atoms with Gasteiger partial charge in [0.1, 0.15) is 23.7 Å². The van der Waals surface area contributed by atoms with E-state index in [1.54, 1.807) is 30.3 Å². The Kier molecular flexibility index (Phi) is 9.06. The van der Waals surface area contributed by atoms with Crippen LogP contribution in [0.3, 0.4) is 0 Å². The molecule has 1 saturated heterocycles. The Morgan fingerprint density at radius 1 is 0.909 bits per heavy atom. The zero-order valence-electron chi connectivity index (χ0n) is 23.9. The molecule has 4 aromatic rings. The van der Waals surface area contributed by atoms with Crippen LogP contribution in [-0.2, 0) is 21.0 Å². The Morgan fingerprint density at radius 3 is 2.39 bits per heavy atom. The van der Waals surface area contributed by atoms with Crippen LogP contribution in [0, 0.1) is 13.8 Å². The van der Waals surface area contributed by atoms with Crippen LogP contribution in [-0.4, -0.2) is 30.4 Å². The first-order valence-electron chi connectivity index (χ1n) is 13.7. The number of hydrogen-bond acceptors (Lipinski definition) is 6. The first kappa shape index (κ1) is 30.1. The first-order valence-corrected chi connectivity index (χ1v) is 14.0. The molecule has 222 valence electrons. The Balaban J connectivity index is 1.32. The van der Waals surface area contributed by atoms with E-state index in [4.69, 9.17) is 21.1 Å². The van der Waals surface area contributed by atoms with Crippen molar-refractivity contribution in [1.29, 1.82) is 0 Å². The zero-order valence-corrected chi connectivity index (χ0v) is 24.7. The van der Waals surface area contributed by atoms with Crippen LogP contribution in [0.4, 0.5) is 16.2 Å². The number of carbonyl (C=O) groups is 4. The molecular formula is C34H28ClN3O6. The van der Waals surface area contributed by atoms with E-state index < -0.39 is 23.8 Å². The fourth-order valence-electron chi connectivity index (χ4n) is 4.53. The number of aryl methyl sites for hydroxylation is 2. The second-order valence-electron chi connectivity index (χ2n) is 10.1. The maximum absolute atomic E-state index is 13.5. The number of urea groups is 1. The average Bonchev–Trinajstić information content (AvgIpc) is 3.00. The van der Waals surface area contributed by atoms with Crippen LogP contribution in [0.2, 0.25) is 5.02 Å². The molecule has 0 saturated carbocycles. The van der Waals surface area contributed by atoms with Gasteiger partial charge in [0.05, 0.1) is 5.69 Å². The van der Waals surface area contributed by atoms with Crippen molar-refractivity contribution in [2.75, 3.05) is 16.8 Å². The van der Waals surface area contributed by atoms with Crippen molar-refractivity contribution in [3.05, 3.63) is 124 Å². The lowest BCUT2D eigenvalue weighted by Gasteiger charge is -2.26. The third-order valence-corrected chi connectivity index (χ3v) is 6.97. The molecule has 9 nitrogen and oxygen atoms in total. The monoisotopic (exact) mass is 609 g/mol. The predicted octanol–water partition coefficient (Wildman–Crippen LogP) is 6.22. The Bertz CT molecular complexity index is 1770. The maximum atomic E-state index is 13.5. The molecule has 1 fully saturated rings. The average molecular weight is 610 g/mol. The van der Waals surface area contributed by atoms with Gasteiger partial charge >= 0.3 is 6.03 Å². The molecule has 0 bridgehead atoms. The van der Waals surface area contributed by atoms with Gasteiger partial charge < -0.3 is 14.8 Å².